The molecular weight excluding hydrogens is 442 g/mol. The molecule has 0 bridgehead atoms. The molecule has 6 heteroatoms. The number of rotatable bonds is 8. The number of aryl methyl sites for hydroxylation is 1. The van der Waals surface area contributed by atoms with Crippen molar-refractivity contribution in [2.24, 2.45) is 0 Å². The highest BCUT2D eigenvalue weighted by atomic mass is 79.9. The zero-order valence-corrected chi connectivity index (χ0v) is 18.6. The third kappa shape index (κ3) is 7.05. The summed E-state index contributed by atoms with van der Waals surface area (Å²) >= 11 is 3.46. The Bertz CT molecular complexity index is 696. The first-order chi connectivity index (χ1) is 13.1. The lowest BCUT2D eigenvalue weighted by Crippen LogP contribution is -2.43. The molecule has 2 aromatic rings. The van der Waals surface area contributed by atoms with Crippen LogP contribution in [0, 0.1) is 0 Å². The summed E-state index contributed by atoms with van der Waals surface area (Å²) in [5, 5.41) is 10.4. The largest absolute Gasteiger partial charge is 0.491 e. The molecule has 0 saturated carbocycles. The zero-order valence-electron chi connectivity index (χ0n) is 16.2. The summed E-state index contributed by atoms with van der Waals surface area (Å²) in [6.45, 7) is 5.35. The number of β-amino-alcohol motifs (C(OH)–C–C–N with tert-alkyl or cyclic N) is 1. The molecule has 154 valence electrons. The molecule has 2 aromatic carbocycles. The molecule has 0 radical (unpaired) electrons. The van der Waals surface area contributed by atoms with Crippen molar-refractivity contribution >= 4 is 28.3 Å². The maximum Gasteiger partial charge on any atom is 0.119 e. The van der Waals surface area contributed by atoms with E-state index in [-0.39, 0.29) is 18.5 Å². The van der Waals surface area contributed by atoms with E-state index in [1.165, 1.54) is 11.1 Å². The van der Waals surface area contributed by atoms with Crippen LogP contribution >= 0.6 is 28.3 Å². The van der Waals surface area contributed by atoms with Crippen LogP contribution in [0.25, 0.3) is 0 Å². The van der Waals surface area contributed by atoms with E-state index in [9.17, 15) is 5.11 Å². The molecule has 1 saturated heterocycles. The van der Waals surface area contributed by atoms with Gasteiger partial charge in [-0.25, -0.2) is 0 Å². The molecule has 1 fully saturated rings. The van der Waals surface area contributed by atoms with Crippen molar-refractivity contribution in [3.05, 3.63) is 64.1 Å². The number of morpholine rings is 1. The highest BCUT2D eigenvalue weighted by molar-refractivity contribution is 9.10. The number of hydrogen-bond acceptors (Lipinski definition) is 4. The van der Waals surface area contributed by atoms with Crippen molar-refractivity contribution in [2.75, 3.05) is 32.8 Å². The van der Waals surface area contributed by atoms with Crippen molar-refractivity contribution in [1.82, 2.24) is 4.90 Å². The van der Waals surface area contributed by atoms with E-state index in [0.717, 1.165) is 36.2 Å². The van der Waals surface area contributed by atoms with Crippen LogP contribution in [0.15, 0.2) is 53.0 Å². The van der Waals surface area contributed by atoms with Gasteiger partial charge in [0.25, 0.3) is 0 Å². The maximum absolute atomic E-state index is 10.4. The molecule has 1 N–H and O–H groups in total. The molecule has 1 aliphatic rings. The first-order valence-corrected chi connectivity index (χ1v) is 10.4. The third-order valence-corrected chi connectivity index (χ3v) is 5.29. The average molecular weight is 471 g/mol. The predicted octanol–water partition coefficient (Wildman–Crippen LogP) is 4.64. The molecule has 0 aromatic heterocycles. The summed E-state index contributed by atoms with van der Waals surface area (Å²) in [4.78, 5) is 2.24. The quantitative estimate of drug-likeness (QED) is 0.610. The Morgan fingerprint density at radius 1 is 1.18 bits per heavy atom. The Hall–Kier alpha value is -1.11. The van der Waals surface area contributed by atoms with Gasteiger partial charge in [0, 0.05) is 24.1 Å². The summed E-state index contributed by atoms with van der Waals surface area (Å²) in [6, 6.07) is 16.4. The fraction of sp³-hybridized carbons (Fsp3) is 0.455. The van der Waals surface area contributed by atoms with Crippen molar-refractivity contribution in [3.8, 4) is 5.75 Å². The van der Waals surface area contributed by atoms with Gasteiger partial charge < -0.3 is 14.6 Å². The molecule has 0 amide bonds. The standard InChI is InChI=1S/C22H28BrNO3.ClH/c1-2-3-17-4-10-21(11-5-17)27-16-20(25)14-24-12-13-26-22(15-24)18-6-8-19(23)9-7-18;/h4-11,20,22,25H,2-3,12-16H2,1H3;1H. The van der Waals surface area contributed by atoms with Gasteiger partial charge >= 0.3 is 0 Å². The van der Waals surface area contributed by atoms with E-state index in [1.54, 1.807) is 0 Å². The van der Waals surface area contributed by atoms with Crippen LogP contribution in [0.2, 0.25) is 0 Å². The highest BCUT2D eigenvalue weighted by Gasteiger charge is 2.23. The molecule has 0 spiro atoms. The Balaban J connectivity index is 0.00000280. The maximum atomic E-state index is 10.4. The first-order valence-electron chi connectivity index (χ1n) is 9.63. The normalized spacial score (nSPS) is 18.3. The molecule has 2 unspecified atom stereocenters. The van der Waals surface area contributed by atoms with Crippen molar-refractivity contribution in [1.29, 1.82) is 0 Å². The molecule has 0 aliphatic carbocycles. The van der Waals surface area contributed by atoms with Crippen molar-refractivity contribution in [3.63, 3.8) is 0 Å². The van der Waals surface area contributed by atoms with Gasteiger partial charge in [-0.05, 0) is 41.8 Å². The van der Waals surface area contributed by atoms with Gasteiger partial charge in [-0.15, -0.1) is 12.4 Å². The monoisotopic (exact) mass is 469 g/mol. The van der Waals surface area contributed by atoms with E-state index in [1.807, 2.05) is 24.3 Å². The number of aliphatic hydroxyl groups excluding tert-OH is 1. The van der Waals surface area contributed by atoms with Crippen LogP contribution in [0.1, 0.15) is 30.6 Å². The summed E-state index contributed by atoms with van der Waals surface area (Å²) in [7, 11) is 0. The fourth-order valence-electron chi connectivity index (χ4n) is 3.33. The number of aliphatic hydroxyl groups is 1. The highest BCUT2D eigenvalue weighted by Crippen LogP contribution is 2.24. The SMILES string of the molecule is CCCc1ccc(OCC(O)CN2CCOC(c3ccc(Br)cc3)C2)cc1.Cl. The van der Waals surface area contributed by atoms with Gasteiger partial charge in [0.1, 0.15) is 18.5 Å². The minimum atomic E-state index is -0.524. The average Bonchev–Trinajstić information content (AvgIpc) is 2.68. The van der Waals surface area contributed by atoms with Gasteiger partial charge in [-0.2, -0.15) is 0 Å². The van der Waals surface area contributed by atoms with Crippen LogP contribution < -0.4 is 4.74 Å². The van der Waals surface area contributed by atoms with Crippen LogP contribution in [-0.2, 0) is 11.2 Å². The number of benzene rings is 2. The van der Waals surface area contributed by atoms with Gasteiger partial charge in [0.05, 0.1) is 12.7 Å². The summed E-state index contributed by atoms with van der Waals surface area (Å²) in [5.41, 5.74) is 2.48. The van der Waals surface area contributed by atoms with Crippen molar-refractivity contribution in [2.45, 2.75) is 32.0 Å². The summed E-state index contributed by atoms with van der Waals surface area (Å²) in [5.74, 6) is 0.809. The third-order valence-electron chi connectivity index (χ3n) is 4.77. The Morgan fingerprint density at radius 2 is 1.89 bits per heavy atom. The van der Waals surface area contributed by atoms with Crippen LogP contribution in [0.4, 0.5) is 0 Å². The molecular formula is C22H29BrClNO3. The smallest absolute Gasteiger partial charge is 0.119 e. The first kappa shape index (κ1) is 23.2. The second-order valence-corrected chi connectivity index (χ2v) is 7.95. The van der Waals surface area contributed by atoms with Crippen LogP contribution in [-0.4, -0.2) is 49.0 Å². The summed E-state index contributed by atoms with van der Waals surface area (Å²) in [6.07, 6.45) is 1.74. The Kier molecular flexibility index (Phi) is 9.75. The molecule has 1 heterocycles. The van der Waals surface area contributed by atoms with E-state index in [4.69, 9.17) is 9.47 Å². The summed E-state index contributed by atoms with van der Waals surface area (Å²) < 4.78 is 12.7. The Morgan fingerprint density at radius 3 is 2.57 bits per heavy atom. The minimum absolute atomic E-state index is 0. The number of nitrogens with zero attached hydrogens (tertiary/aromatic N) is 1. The minimum Gasteiger partial charge on any atom is -0.491 e. The zero-order chi connectivity index (χ0) is 19.1. The predicted molar refractivity (Wildman–Crippen MR) is 118 cm³/mol. The second-order valence-electron chi connectivity index (χ2n) is 7.03. The molecule has 4 nitrogen and oxygen atoms in total. The van der Waals surface area contributed by atoms with E-state index >= 15 is 0 Å². The van der Waals surface area contributed by atoms with Gasteiger partial charge in [0.15, 0.2) is 0 Å². The fourth-order valence-corrected chi connectivity index (χ4v) is 3.60. The van der Waals surface area contributed by atoms with Crippen LogP contribution in [0.3, 0.4) is 0 Å². The number of halogens is 2. The van der Waals surface area contributed by atoms with Gasteiger partial charge in [-0.3, -0.25) is 4.90 Å². The molecule has 28 heavy (non-hydrogen) atoms. The van der Waals surface area contributed by atoms with Gasteiger partial charge in [-0.1, -0.05) is 53.5 Å². The molecule has 3 rings (SSSR count). The lowest BCUT2D eigenvalue weighted by atomic mass is 10.1. The molecule has 1 aliphatic heterocycles. The molecule has 2 atom stereocenters. The lowest BCUT2D eigenvalue weighted by molar-refractivity contribution is -0.0459. The second kappa shape index (κ2) is 11.8. The van der Waals surface area contributed by atoms with E-state index < -0.39 is 6.10 Å². The Labute approximate surface area is 182 Å². The van der Waals surface area contributed by atoms with Crippen LogP contribution in [0.5, 0.6) is 5.75 Å². The van der Waals surface area contributed by atoms with Crippen molar-refractivity contribution < 1.29 is 14.6 Å². The van der Waals surface area contributed by atoms with Gasteiger partial charge in [0.2, 0.25) is 0 Å². The number of hydrogen-bond donors (Lipinski definition) is 1. The lowest BCUT2D eigenvalue weighted by Gasteiger charge is -2.34. The van der Waals surface area contributed by atoms with E-state index in [2.05, 4.69) is 52.0 Å². The topological polar surface area (TPSA) is 41.9 Å². The van der Waals surface area contributed by atoms with E-state index in [0.29, 0.717) is 19.8 Å². The number of ether oxygens (including phenoxy) is 2.